The van der Waals surface area contributed by atoms with Crippen LogP contribution in [-0.2, 0) is 19.2 Å². The molecule has 0 spiro atoms. The standard InChI is InChI=1S/C15H26N4O5S/c1-8(2)12(18-13(21)9(16)7-25)14(22)17-6-11(20)19-5-3-4-10(19)15(23)24/h8-10,12,25H,3-7,16H2,1-2H3,(H,17,22)(H,18,21)(H,23,24). The fraction of sp³-hybridized carbons (Fsp3) is 0.733. The van der Waals surface area contributed by atoms with Crippen molar-refractivity contribution in [1.82, 2.24) is 15.5 Å². The van der Waals surface area contributed by atoms with Gasteiger partial charge in [0.25, 0.3) is 0 Å². The van der Waals surface area contributed by atoms with Crippen molar-refractivity contribution in [1.29, 1.82) is 0 Å². The Morgan fingerprint density at radius 1 is 1.28 bits per heavy atom. The number of nitrogens with two attached hydrogens (primary N) is 1. The molecule has 1 rings (SSSR count). The summed E-state index contributed by atoms with van der Waals surface area (Å²) in [4.78, 5) is 48.7. The molecule has 1 saturated heterocycles. The van der Waals surface area contributed by atoms with Crippen LogP contribution < -0.4 is 16.4 Å². The predicted octanol–water partition coefficient (Wildman–Crippen LogP) is -1.42. The van der Waals surface area contributed by atoms with Crippen molar-refractivity contribution < 1.29 is 24.3 Å². The number of hydrogen-bond donors (Lipinski definition) is 5. The maximum Gasteiger partial charge on any atom is 0.326 e. The van der Waals surface area contributed by atoms with Gasteiger partial charge in [-0.1, -0.05) is 13.8 Å². The summed E-state index contributed by atoms with van der Waals surface area (Å²) in [5.41, 5.74) is 5.58. The number of carbonyl (C=O) groups excluding carboxylic acids is 3. The van der Waals surface area contributed by atoms with E-state index in [1.807, 2.05) is 0 Å². The Morgan fingerprint density at radius 3 is 2.44 bits per heavy atom. The lowest BCUT2D eigenvalue weighted by molar-refractivity contribution is -0.148. The minimum atomic E-state index is -1.05. The van der Waals surface area contributed by atoms with Gasteiger partial charge < -0.3 is 26.4 Å². The Morgan fingerprint density at radius 2 is 1.92 bits per heavy atom. The molecule has 0 bridgehead atoms. The number of nitrogens with one attached hydrogen (secondary N) is 2. The number of aliphatic carboxylic acids is 1. The lowest BCUT2D eigenvalue weighted by Gasteiger charge is -2.25. The molecule has 0 radical (unpaired) electrons. The highest BCUT2D eigenvalue weighted by Gasteiger charge is 2.34. The molecule has 5 N–H and O–H groups in total. The van der Waals surface area contributed by atoms with E-state index in [2.05, 4.69) is 23.3 Å². The fourth-order valence-corrected chi connectivity index (χ4v) is 2.74. The SMILES string of the molecule is CC(C)C(NC(=O)C(N)CS)C(=O)NCC(=O)N1CCCC1C(=O)O. The molecular formula is C15H26N4O5S. The molecule has 142 valence electrons. The zero-order valence-corrected chi connectivity index (χ0v) is 15.3. The minimum Gasteiger partial charge on any atom is -0.480 e. The first-order valence-electron chi connectivity index (χ1n) is 8.15. The number of nitrogens with zero attached hydrogens (tertiary/aromatic N) is 1. The highest BCUT2D eigenvalue weighted by molar-refractivity contribution is 7.80. The Labute approximate surface area is 152 Å². The Hall–Kier alpha value is -1.81. The summed E-state index contributed by atoms with van der Waals surface area (Å²) >= 11 is 3.94. The van der Waals surface area contributed by atoms with E-state index in [-0.39, 0.29) is 18.2 Å². The summed E-state index contributed by atoms with van der Waals surface area (Å²) < 4.78 is 0. The number of rotatable bonds is 8. The molecule has 9 nitrogen and oxygen atoms in total. The minimum absolute atomic E-state index is 0.141. The van der Waals surface area contributed by atoms with Crippen LogP contribution in [-0.4, -0.2) is 70.7 Å². The molecule has 0 saturated carbocycles. The molecule has 0 aromatic heterocycles. The van der Waals surface area contributed by atoms with Crippen molar-refractivity contribution >= 4 is 36.3 Å². The summed E-state index contributed by atoms with van der Waals surface area (Å²) in [7, 11) is 0. The zero-order chi connectivity index (χ0) is 19.1. The molecule has 1 aliphatic heterocycles. The van der Waals surface area contributed by atoms with Gasteiger partial charge in [-0.3, -0.25) is 14.4 Å². The first kappa shape index (κ1) is 21.2. The van der Waals surface area contributed by atoms with Crippen molar-refractivity contribution in [2.24, 2.45) is 11.7 Å². The van der Waals surface area contributed by atoms with Crippen LogP contribution in [0.4, 0.5) is 0 Å². The van der Waals surface area contributed by atoms with Crippen LogP contribution in [0.3, 0.4) is 0 Å². The van der Waals surface area contributed by atoms with Crippen LogP contribution in [0.15, 0.2) is 0 Å². The summed E-state index contributed by atoms with van der Waals surface area (Å²) in [5.74, 6) is -2.61. The molecule has 0 aromatic carbocycles. The molecule has 0 aromatic rings. The maximum atomic E-state index is 12.3. The quantitative estimate of drug-likeness (QED) is 0.330. The molecule has 3 atom stereocenters. The van der Waals surface area contributed by atoms with Crippen LogP contribution in [0.1, 0.15) is 26.7 Å². The van der Waals surface area contributed by atoms with E-state index >= 15 is 0 Å². The molecule has 3 unspecified atom stereocenters. The average molecular weight is 374 g/mol. The number of carboxylic acid groups (broad SMARTS) is 1. The van der Waals surface area contributed by atoms with Crippen molar-refractivity contribution in [3.05, 3.63) is 0 Å². The molecule has 10 heteroatoms. The molecule has 1 fully saturated rings. The van der Waals surface area contributed by atoms with E-state index in [1.54, 1.807) is 13.8 Å². The van der Waals surface area contributed by atoms with Gasteiger partial charge in [-0.05, 0) is 18.8 Å². The van der Waals surface area contributed by atoms with Gasteiger partial charge in [-0.2, -0.15) is 12.6 Å². The number of likely N-dealkylation sites (tertiary alicyclic amines) is 1. The number of carboxylic acids is 1. The normalized spacial score (nSPS) is 19.4. The molecule has 25 heavy (non-hydrogen) atoms. The highest BCUT2D eigenvalue weighted by Crippen LogP contribution is 2.17. The van der Waals surface area contributed by atoms with E-state index in [4.69, 9.17) is 10.8 Å². The van der Waals surface area contributed by atoms with E-state index in [1.165, 1.54) is 4.90 Å². The predicted molar refractivity (Wildman–Crippen MR) is 94.0 cm³/mol. The summed E-state index contributed by atoms with van der Waals surface area (Å²) in [6.45, 7) is 3.53. The lowest BCUT2D eigenvalue weighted by Crippen LogP contribution is -2.55. The van der Waals surface area contributed by atoms with Crippen LogP contribution in [0.5, 0.6) is 0 Å². The Kier molecular flexibility index (Phi) is 8.17. The van der Waals surface area contributed by atoms with Crippen LogP contribution in [0, 0.1) is 5.92 Å². The first-order valence-corrected chi connectivity index (χ1v) is 8.79. The molecule has 3 amide bonds. The third-order valence-electron chi connectivity index (χ3n) is 4.05. The average Bonchev–Trinajstić information content (AvgIpc) is 3.05. The van der Waals surface area contributed by atoms with Crippen molar-refractivity contribution in [2.45, 2.75) is 44.8 Å². The van der Waals surface area contributed by atoms with E-state index in [9.17, 15) is 19.2 Å². The van der Waals surface area contributed by atoms with Gasteiger partial charge in [0.1, 0.15) is 12.1 Å². The second-order valence-corrected chi connectivity index (χ2v) is 6.69. The number of amides is 3. The largest absolute Gasteiger partial charge is 0.480 e. The fourth-order valence-electron chi connectivity index (χ4n) is 2.57. The van der Waals surface area contributed by atoms with Gasteiger partial charge in [0.05, 0.1) is 12.6 Å². The maximum absolute atomic E-state index is 12.3. The van der Waals surface area contributed by atoms with Gasteiger partial charge in [0.15, 0.2) is 0 Å². The summed E-state index contributed by atoms with van der Waals surface area (Å²) in [5, 5.41) is 14.1. The summed E-state index contributed by atoms with van der Waals surface area (Å²) in [6, 6.07) is -2.53. The Bertz CT molecular complexity index is 528. The lowest BCUT2D eigenvalue weighted by atomic mass is 10.0. The smallest absolute Gasteiger partial charge is 0.326 e. The molecular weight excluding hydrogens is 348 g/mol. The van der Waals surface area contributed by atoms with Gasteiger partial charge in [0, 0.05) is 12.3 Å². The first-order chi connectivity index (χ1) is 11.7. The number of thiol groups is 1. The van der Waals surface area contributed by atoms with Crippen molar-refractivity contribution in [3.8, 4) is 0 Å². The number of carbonyl (C=O) groups is 4. The van der Waals surface area contributed by atoms with Gasteiger partial charge in [0.2, 0.25) is 17.7 Å². The second kappa shape index (κ2) is 9.62. The Balaban J connectivity index is 2.61. The van der Waals surface area contributed by atoms with Crippen LogP contribution >= 0.6 is 12.6 Å². The van der Waals surface area contributed by atoms with Crippen molar-refractivity contribution in [2.75, 3.05) is 18.8 Å². The van der Waals surface area contributed by atoms with Crippen LogP contribution in [0.2, 0.25) is 0 Å². The van der Waals surface area contributed by atoms with E-state index in [0.717, 1.165) is 0 Å². The second-order valence-electron chi connectivity index (χ2n) is 6.32. The summed E-state index contributed by atoms with van der Waals surface area (Å²) in [6.07, 6.45) is 1.02. The van der Waals surface area contributed by atoms with Gasteiger partial charge in [-0.15, -0.1) is 0 Å². The highest BCUT2D eigenvalue weighted by atomic mass is 32.1. The molecule has 1 aliphatic rings. The van der Waals surface area contributed by atoms with Crippen molar-refractivity contribution in [3.63, 3.8) is 0 Å². The van der Waals surface area contributed by atoms with E-state index < -0.39 is 41.8 Å². The number of hydrogen-bond acceptors (Lipinski definition) is 6. The van der Waals surface area contributed by atoms with Gasteiger partial charge in [-0.25, -0.2) is 4.79 Å². The molecule has 1 heterocycles. The topological polar surface area (TPSA) is 142 Å². The third kappa shape index (κ3) is 5.89. The third-order valence-corrected chi connectivity index (χ3v) is 4.45. The van der Waals surface area contributed by atoms with E-state index in [0.29, 0.717) is 19.4 Å². The zero-order valence-electron chi connectivity index (χ0n) is 14.4. The van der Waals surface area contributed by atoms with Crippen LogP contribution in [0.25, 0.3) is 0 Å². The van der Waals surface area contributed by atoms with Gasteiger partial charge >= 0.3 is 5.97 Å². The molecule has 0 aliphatic carbocycles. The monoisotopic (exact) mass is 374 g/mol.